The van der Waals surface area contributed by atoms with Crippen molar-refractivity contribution in [3.8, 4) is 5.75 Å². The average molecular weight is 436 g/mol. The van der Waals surface area contributed by atoms with E-state index >= 15 is 0 Å². The number of carbonyl (C=O) groups is 1. The van der Waals surface area contributed by atoms with Crippen molar-refractivity contribution in [3.63, 3.8) is 0 Å². The number of carbonyl (C=O) groups excluding carboxylic acids is 1. The van der Waals surface area contributed by atoms with Gasteiger partial charge in [0.05, 0.1) is 0 Å². The van der Waals surface area contributed by atoms with Crippen LogP contribution in [0.2, 0.25) is 5.02 Å². The number of ether oxygens (including phenoxy) is 1. The minimum Gasteiger partial charge on any atom is -0.489 e. The first-order valence-electron chi connectivity index (χ1n) is 10.5. The molecule has 1 aromatic heterocycles. The molecule has 160 valence electrons. The van der Waals surface area contributed by atoms with Crippen molar-refractivity contribution >= 4 is 17.5 Å². The number of aromatic nitrogens is 1. The first-order chi connectivity index (χ1) is 15.1. The summed E-state index contributed by atoms with van der Waals surface area (Å²) < 4.78 is 5.85. The second-order valence-electron chi connectivity index (χ2n) is 7.70. The monoisotopic (exact) mass is 435 g/mol. The smallest absolute Gasteiger partial charge is 0.254 e. The molecule has 2 aromatic carbocycles. The fraction of sp³-hybridized carbons (Fsp3) is 0.280. The zero-order valence-corrected chi connectivity index (χ0v) is 18.3. The van der Waals surface area contributed by atoms with Crippen molar-refractivity contribution in [1.29, 1.82) is 0 Å². The average Bonchev–Trinajstić information content (AvgIpc) is 2.83. The summed E-state index contributed by atoms with van der Waals surface area (Å²) in [6, 6.07) is 19.4. The quantitative estimate of drug-likeness (QED) is 0.556. The molecule has 0 bridgehead atoms. The van der Waals surface area contributed by atoms with Gasteiger partial charge < -0.3 is 9.64 Å². The van der Waals surface area contributed by atoms with Crippen molar-refractivity contribution in [2.75, 3.05) is 26.2 Å². The molecule has 1 aliphatic rings. The van der Waals surface area contributed by atoms with Crippen LogP contribution in [0.3, 0.4) is 0 Å². The first kappa shape index (κ1) is 21.3. The molecule has 6 heteroatoms. The lowest BCUT2D eigenvalue weighted by molar-refractivity contribution is 0.0581. The number of hydrogen-bond donors (Lipinski definition) is 0. The summed E-state index contributed by atoms with van der Waals surface area (Å²) in [5.74, 6) is 0.720. The highest BCUT2D eigenvalue weighted by atomic mass is 35.5. The molecular weight excluding hydrogens is 410 g/mol. The standard InChI is InChI=1S/C25H26ClN3O2/c1-19(23-9-2-3-10-24(23)26)28-12-14-29(15-13-28)25(30)21-7-4-8-22(16-21)31-18-20-6-5-11-27-17-20/h2-11,16-17,19H,12-15,18H2,1H3. The number of piperazine rings is 1. The Morgan fingerprint density at radius 2 is 1.87 bits per heavy atom. The molecule has 0 aliphatic carbocycles. The highest BCUT2D eigenvalue weighted by Gasteiger charge is 2.26. The van der Waals surface area contributed by atoms with Gasteiger partial charge in [0.25, 0.3) is 5.91 Å². The van der Waals surface area contributed by atoms with Crippen LogP contribution >= 0.6 is 11.6 Å². The predicted octanol–water partition coefficient (Wildman–Crippen LogP) is 4.83. The van der Waals surface area contributed by atoms with Crippen LogP contribution in [0.15, 0.2) is 73.1 Å². The highest BCUT2D eigenvalue weighted by Crippen LogP contribution is 2.28. The summed E-state index contributed by atoms with van der Waals surface area (Å²) in [6.07, 6.45) is 3.51. The Kier molecular flexibility index (Phi) is 6.85. The van der Waals surface area contributed by atoms with Gasteiger partial charge in [0.1, 0.15) is 12.4 Å². The van der Waals surface area contributed by atoms with Crippen molar-refractivity contribution in [3.05, 3.63) is 94.8 Å². The number of rotatable bonds is 6. The van der Waals surface area contributed by atoms with E-state index < -0.39 is 0 Å². The molecule has 0 radical (unpaired) electrons. The van der Waals surface area contributed by atoms with Gasteiger partial charge >= 0.3 is 0 Å². The fourth-order valence-corrected chi connectivity index (χ4v) is 4.17. The van der Waals surface area contributed by atoms with Crippen LogP contribution in [-0.2, 0) is 6.61 Å². The van der Waals surface area contributed by atoms with Crippen molar-refractivity contribution in [2.45, 2.75) is 19.6 Å². The summed E-state index contributed by atoms with van der Waals surface area (Å²) in [7, 11) is 0. The SMILES string of the molecule is CC(c1ccccc1Cl)N1CCN(C(=O)c2cccc(OCc3cccnc3)c2)CC1. The maximum atomic E-state index is 13.0. The minimum absolute atomic E-state index is 0.0388. The van der Waals surface area contributed by atoms with Crippen LogP contribution < -0.4 is 4.74 Å². The van der Waals surface area contributed by atoms with Gasteiger partial charge in [-0.3, -0.25) is 14.7 Å². The maximum Gasteiger partial charge on any atom is 0.254 e. The van der Waals surface area contributed by atoms with Crippen LogP contribution in [0, 0.1) is 0 Å². The van der Waals surface area contributed by atoms with Crippen molar-refractivity contribution < 1.29 is 9.53 Å². The molecule has 0 N–H and O–H groups in total. The molecular formula is C25H26ClN3O2. The van der Waals surface area contributed by atoms with Crippen LogP contribution in [0.4, 0.5) is 0 Å². The molecule has 5 nitrogen and oxygen atoms in total. The number of benzene rings is 2. The topological polar surface area (TPSA) is 45.7 Å². The van der Waals surface area contributed by atoms with Gasteiger partial charge in [-0.05, 0) is 42.8 Å². The Morgan fingerprint density at radius 1 is 1.06 bits per heavy atom. The molecule has 0 saturated carbocycles. The Hall–Kier alpha value is -2.89. The lowest BCUT2D eigenvalue weighted by Crippen LogP contribution is -2.49. The zero-order chi connectivity index (χ0) is 21.6. The predicted molar refractivity (Wildman–Crippen MR) is 122 cm³/mol. The van der Waals surface area contributed by atoms with E-state index in [0.717, 1.165) is 29.2 Å². The van der Waals surface area contributed by atoms with Gasteiger partial charge in [-0.25, -0.2) is 0 Å². The number of halogens is 1. The third-order valence-corrected chi connectivity index (χ3v) is 6.06. The fourth-order valence-electron chi connectivity index (χ4n) is 3.87. The summed E-state index contributed by atoms with van der Waals surface area (Å²) in [4.78, 5) is 21.4. The number of amides is 1. The Balaban J connectivity index is 1.35. The van der Waals surface area contributed by atoms with E-state index in [-0.39, 0.29) is 11.9 Å². The molecule has 1 unspecified atom stereocenters. The molecule has 0 spiro atoms. The van der Waals surface area contributed by atoms with Crippen LogP contribution in [0.25, 0.3) is 0 Å². The molecule has 1 fully saturated rings. The Labute approximate surface area is 188 Å². The number of nitrogens with zero attached hydrogens (tertiary/aromatic N) is 3. The second kappa shape index (κ2) is 9.94. The van der Waals surface area contributed by atoms with E-state index in [1.165, 1.54) is 0 Å². The Bertz CT molecular complexity index is 1020. The second-order valence-corrected chi connectivity index (χ2v) is 8.11. The zero-order valence-electron chi connectivity index (χ0n) is 17.6. The lowest BCUT2D eigenvalue weighted by atomic mass is 10.1. The molecule has 31 heavy (non-hydrogen) atoms. The maximum absolute atomic E-state index is 13.0. The third kappa shape index (κ3) is 5.24. The van der Waals surface area contributed by atoms with Gasteiger partial charge in [0.15, 0.2) is 0 Å². The molecule has 1 atom stereocenters. The summed E-state index contributed by atoms with van der Waals surface area (Å²) in [6.45, 7) is 5.60. The van der Waals surface area contributed by atoms with Crippen LogP contribution in [0.5, 0.6) is 5.75 Å². The largest absolute Gasteiger partial charge is 0.489 e. The summed E-state index contributed by atoms with van der Waals surface area (Å²) >= 11 is 6.37. The van der Waals surface area contributed by atoms with Gasteiger partial charge in [0, 0.05) is 60.8 Å². The third-order valence-electron chi connectivity index (χ3n) is 5.71. The Morgan fingerprint density at radius 3 is 2.61 bits per heavy atom. The van der Waals surface area contributed by atoms with Gasteiger partial charge in [-0.15, -0.1) is 0 Å². The van der Waals surface area contributed by atoms with E-state index in [0.29, 0.717) is 31.0 Å². The minimum atomic E-state index is 0.0388. The van der Waals surface area contributed by atoms with E-state index in [2.05, 4.69) is 22.9 Å². The van der Waals surface area contributed by atoms with E-state index in [1.807, 2.05) is 59.5 Å². The molecule has 1 amide bonds. The van der Waals surface area contributed by atoms with Gasteiger partial charge in [-0.2, -0.15) is 0 Å². The molecule has 3 aromatic rings. The summed E-state index contributed by atoms with van der Waals surface area (Å²) in [5, 5.41) is 0.789. The molecule has 1 aliphatic heterocycles. The van der Waals surface area contributed by atoms with E-state index in [4.69, 9.17) is 16.3 Å². The van der Waals surface area contributed by atoms with Crippen molar-refractivity contribution in [1.82, 2.24) is 14.8 Å². The molecule has 1 saturated heterocycles. The van der Waals surface area contributed by atoms with Crippen molar-refractivity contribution in [2.24, 2.45) is 0 Å². The van der Waals surface area contributed by atoms with Crippen LogP contribution in [0.1, 0.15) is 34.5 Å². The van der Waals surface area contributed by atoms with E-state index in [1.54, 1.807) is 12.4 Å². The normalized spacial score (nSPS) is 15.5. The number of pyridine rings is 1. The van der Waals surface area contributed by atoms with E-state index in [9.17, 15) is 4.79 Å². The number of hydrogen-bond acceptors (Lipinski definition) is 4. The van der Waals surface area contributed by atoms with Crippen LogP contribution in [-0.4, -0.2) is 46.9 Å². The molecule has 4 rings (SSSR count). The summed E-state index contributed by atoms with van der Waals surface area (Å²) in [5.41, 5.74) is 2.77. The van der Waals surface area contributed by atoms with Gasteiger partial charge in [-0.1, -0.05) is 41.9 Å². The highest BCUT2D eigenvalue weighted by molar-refractivity contribution is 6.31. The lowest BCUT2D eigenvalue weighted by Gasteiger charge is -2.38. The first-order valence-corrected chi connectivity index (χ1v) is 10.9. The van der Waals surface area contributed by atoms with Gasteiger partial charge in [0.2, 0.25) is 0 Å². The molecule has 2 heterocycles.